The van der Waals surface area contributed by atoms with E-state index in [-0.39, 0.29) is 41.6 Å². The predicted molar refractivity (Wildman–Crippen MR) is 92.5 cm³/mol. The summed E-state index contributed by atoms with van der Waals surface area (Å²) in [7, 11) is -3.68. The number of carbonyl (C=O) groups is 1. The minimum absolute atomic E-state index is 0.00385. The Bertz CT molecular complexity index is 905. The Morgan fingerprint density at radius 3 is 2.67 bits per heavy atom. The Balaban J connectivity index is 1.64. The van der Waals surface area contributed by atoms with Gasteiger partial charge in [0.05, 0.1) is 13.2 Å². The zero-order valence-electron chi connectivity index (χ0n) is 15.4. The molecule has 0 radical (unpaired) electrons. The van der Waals surface area contributed by atoms with E-state index < -0.39 is 16.0 Å². The molecule has 0 saturated carbocycles. The van der Waals surface area contributed by atoms with Gasteiger partial charge in [-0.1, -0.05) is 25.9 Å². The van der Waals surface area contributed by atoms with Crippen LogP contribution in [0.3, 0.4) is 0 Å². The zero-order valence-corrected chi connectivity index (χ0v) is 16.2. The third-order valence-electron chi connectivity index (χ3n) is 3.95. The average molecular weight is 398 g/mol. The lowest BCUT2D eigenvalue weighted by Gasteiger charge is -2.25. The van der Waals surface area contributed by atoms with Crippen molar-refractivity contribution in [3.05, 3.63) is 29.7 Å². The van der Waals surface area contributed by atoms with Crippen molar-refractivity contribution in [3.8, 4) is 0 Å². The van der Waals surface area contributed by atoms with E-state index >= 15 is 0 Å². The molecule has 1 N–H and O–H groups in total. The number of nitrogens with zero attached hydrogens (tertiary/aromatic N) is 3. The fourth-order valence-corrected chi connectivity index (χ4v) is 3.80. The first-order valence-electron chi connectivity index (χ1n) is 8.44. The summed E-state index contributed by atoms with van der Waals surface area (Å²) < 4.78 is 41.8. The Hall–Kier alpha value is -2.24. The third kappa shape index (κ3) is 4.37. The minimum Gasteiger partial charge on any atom is -0.451 e. The largest absolute Gasteiger partial charge is 0.451 e. The first kappa shape index (κ1) is 19.5. The van der Waals surface area contributed by atoms with Gasteiger partial charge in [-0.05, 0) is 6.07 Å². The Kier molecular flexibility index (Phi) is 5.36. The summed E-state index contributed by atoms with van der Waals surface area (Å²) in [5, 5.41) is 3.85. The third-order valence-corrected chi connectivity index (χ3v) is 5.83. The second-order valence-electron chi connectivity index (χ2n) is 7.10. The van der Waals surface area contributed by atoms with Crippen molar-refractivity contribution >= 4 is 16.0 Å². The van der Waals surface area contributed by atoms with Gasteiger partial charge in [-0.15, -0.1) is 0 Å². The highest BCUT2D eigenvalue weighted by molar-refractivity contribution is 7.89. The van der Waals surface area contributed by atoms with Crippen LogP contribution in [-0.4, -0.2) is 60.1 Å². The van der Waals surface area contributed by atoms with Crippen molar-refractivity contribution in [1.29, 1.82) is 0 Å². The van der Waals surface area contributed by atoms with Gasteiger partial charge in [-0.2, -0.15) is 9.29 Å². The molecule has 148 valence electrons. The molecule has 1 aliphatic rings. The van der Waals surface area contributed by atoms with Crippen LogP contribution in [0.25, 0.3) is 0 Å². The normalized spacial score (nSPS) is 16.4. The van der Waals surface area contributed by atoms with Gasteiger partial charge < -0.3 is 19.0 Å². The molecule has 0 atom stereocenters. The number of ether oxygens (including phenoxy) is 2. The zero-order chi connectivity index (χ0) is 19.7. The van der Waals surface area contributed by atoms with Crippen LogP contribution in [0, 0.1) is 0 Å². The number of esters is 1. The fraction of sp³-hybridized carbons (Fsp3) is 0.562. The second-order valence-corrected chi connectivity index (χ2v) is 9.04. The summed E-state index contributed by atoms with van der Waals surface area (Å²) in [6.45, 7) is 6.85. The molecule has 1 fully saturated rings. The molecular formula is C16H22N4O6S. The molecule has 0 aliphatic carbocycles. The van der Waals surface area contributed by atoms with Crippen LogP contribution in [0.5, 0.6) is 0 Å². The smallest absolute Gasteiger partial charge is 0.355 e. The van der Waals surface area contributed by atoms with E-state index in [9.17, 15) is 13.2 Å². The standard InChI is InChI=1S/C16H22N4O6S/c1-16(2,3)15-18-13(26-19-15)10-25-14(21)12-8-11(9-17-12)27(22,23)20-4-6-24-7-5-20/h8-9,17H,4-7,10H2,1-3H3. The van der Waals surface area contributed by atoms with Crippen LogP contribution >= 0.6 is 0 Å². The van der Waals surface area contributed by atoms with Crippen LogP contribution in [0.2, 0.25) is 0 Å². The van der Waals surface area contributed by atoms with Crippen LogP contribution in [0.4, 0.5) is 0 Å². The molecule has 2 aromatic rings. The van der Waals surface area contributed by atoms with Crippen molar-refractivity contribution in [2.24, 2.45) is 0 Å². The van der Waals surface area contributed by atoms with Crippen LogP contribution in [0.1, 0.15) is 43.0 Å². The number of sulfonamides is 1. The summed E-state index contributed by atoms with van der Waals surface area (Å²) in [5.74, 6) is -0.0396. The van der Waals surface area contributed by atoms with E-state index in [1.54, 1.807) is 0 Å². The van der Waals surface area contributed by atoms with E-state index in [4.69, 9.17) is 14.0 Å². The molecule has 0 amide bonds. The Morgan fingerprint density at radius 2 is 2.04 bits per heavy atom. The molecule has 0 bridgehead atoms. The molecule has 27 heavy (non-hydrogen) atoms. The van der Waals surface area contributed by atoms with Crippen molar-refractivity contribution in [2.75, 3.05) is 26.3 Å². The molecule has 0 unspecified atom stereocenters. The highest BCUT2D eigenvalue weighted by atomic mass is 32.2. The minimum atomic E-state index is -3.68. The monoisotopic (exact) mass is 398 g/mol. The maximum Gasteiger partial charge on any atom is 0.355 e. The number of morpholine rings is 1. The predicted octanol–water partition coefficient (Wildman–Crippen LogP) is 1.07. The van der Waals surface area contributed by atoms with Crippen LogP contribution in [-0.2, 0) is 31.5 Å². The van der Waals surface area contributed by atoms with Crippen LogP contribution < -0.4 is 0 Å². The van der Waals surface area contributed by atoms with Gasteiger partial charge in [-0.3, -0.25) is 0 Å². The molecule has 0 spiro atoms. The van der Waals surface area contributed by atoms with Crippen molar-refractivity contribution in [2.45, 2.75) is 37.7 Å². The first-order valence-corrected chi connectivity index (χ1v) is 9.88. The van der Waals surface area contributed by atoms with Gasteiger partial charge in [0, 0.05) is 24.7 Å². The summed E-state index contributed by atoms with van der Waals surface area (Å²) >= 11 is 0. The lowest BCUT2D eigenvalue weighted by molar-refractivity contribution is 0.0423. The number of nitrogens with one attached hydrogen (secondary N) is 1. The molecule has 2 aromatic heterocycles. The van der Waals surface area contributed by atoms with E-state index in [0.29, 0.717) is 19.0 Å². The first-order chi connectivity index (χ1) is 12.7. The molecular weight excluding hydrogens is 376 g/mol. The molecule has 3 heterocycles. The summed E-state index contributed by atoms with van der Waals surface area (Å²) in [6, 6.07) is 1.25. The van der Waals surface area contributed by atoms with E-state index in [1.165, 1.54) is 16.6 Å². The highest BCUT2D eigenvalue weighted by Gasteiger charge is 2.28. The Labute approximate surface area is 156 Å². The van der Waals surface area contributed by atoms with Crippen molar-refractivity contribution < 1.29 is 27.2 Å². The Morgan fingerprint density at radius 1 is 1.33 bits per heavy atom. The lowest BCUT2D eigenvalue weighted by Crippen LogP contribution is -2.40. The number of H-pyrrole nitrogens is 1. The van der Waals surface area contributed by atoms with Gasteiger partial charge in [0.2, 0.25) is 10.0 Å². The highest BCUT2D eigenvalue weighted by Crippen LogP contribution is 2.20. The number of hydrogen-bond acceptors (Lipinski definition) is 8. The van der Waals surface area contributed by atoms with Gasteiger partial charge in [0.1, 0.15) is 10.6 Å². The molecule has 11 heteroatoms. The summed E-state index contributed by atoms with van der Waals surface area (Å²) in [4.78, 5) is 19.0. The average Bonchev–Trinajstić information content (AvgIpc) is 3.30. The van der Waals surface area contributed by atoms with Crippen LogP contribution in [0.15, 0.2) is 21.7 Å². The number of aromatic amines is 1. The van der Waals surface area contributed by atoms with Gasteiger partial charge in [0.25, 0.3) is 5.89 Å². The molecule has 1 saturated heterocycles. The van der Waals surface area contributed by atoms with Gasteiger partial charge in [0.15, 0.2) is 12.4 Å². The topological polar surface area (TPSA) is 128 Å². The quantitative estimate of drug-likeness (QED) is 0.741. The fourth-order valence-electron chi connectivity index (χ4n) is 2.40. The number of hydrogen-bond donors (Lipinski definition) is 1. The molecule has 0 aromatic carbocycles. The summed E-state index contributed by atoms with van der Waals surface area (Å²) in [6.07, 6.45) is 1.27. The van der Waals surface area contributed by atoms with Gasteiger partial charge >= 0.3 is 5.97 Å². The number of rotatable bonds is 5. The molecule has 3 rings (SSSR count). The SMILES string of the molecule is CC(C)(C)c1noc(COC(=O)c2cc(S(=O)(=O)N3CCOCC3)c[nH]2)n1. The second kappa shape index (κ2) is 7.41. The van der Waals surface area contributed by atoms with E-state index in [2.05, 4.69) is 15.1 Å². The number of carbonyl (C=O) groups excluding carboxylic acids is 1. The van der Waals surface area contributed by atoms with E-state index in [0.717, 1.165) is 0 Å². The molecule has 10 nitrogen and oxygen atoms in total. The van der Waals surface area contributed by atoms with Crippen molar-refractivity contribution in [1.82, 2.24) is 19.4 Å². The number of aromatic nitrogens is 3. The van der Waals surface area contributed by atoms with E-state index in [1.807, 2.05) is 20.8 Å². The maximum absolute atomic E-state index is 12.6. The lowest BCUT2D eigenvalue weighted by atomic mass is 9.96. The summed E-state index contributed by atoms with van der Waals surface area (Å²) in [5.41, 5.74) is -0.258. The van der Waals surface area contributed by atoms with Gasteiger partial charge in [-0.25, -0.2) is 13.2 Å². The van der Waals surface area contributed by atoms with Crippen molar-refractivity contribution in [3.63, 3.8) is 0 Å². The maximum atomic E-state index is 12.6. The molecule has 1 aliphatic heterocycles.